The lowest BCUT2D eigenvalue weighted by Crippen LogP contribution is -2.36. The number of carbonyl (C=O) groups excluding carboxylic acids is 2. The number of benzene rings is 1. The van der Waals surface area contributed by atoms with Crippen molar-refractivity contribution in [3.05, 3.63) is 54.0 Å². The first kappa shape index (κ1) is 30.8. The molecule has 2 fully saturated rings. The molecule has 1 N–H and O–H groups in total. The monoisotopic (exact) mass is 632 g/mol. The summed E-state index contributed by atoms with van der Waals surface area (Å²) in [4.78, 5) is 43.2. The van der Waals surface area contributed by atoms with E-state index in [2.05, 4.69) is 62.6 Å². The predicted molar refractivity (Wildman–Crippen MR) is 172 cm³/mol. The maximum atomic E-state index is 12.9. The fourth-order valence-electron chi connectivity index (χ4n) is 6.62. The number of nitrogens with zero attached hydrogens (tertiary/aromatic N) is 7. The van der Waals surface area contributed by atoms with Gasteiger partial charge in [-0.05, 0) is 61.1 Å². The number of esters is 1. The molecule has 13 heteroatoms. The SMILES string of the molecule is COc1nsc(NC(=O)N2C[C@H]3CC(N(C)c4ncnc5c4ccn5COC(=O)[C@@H](C)c4ccc(CC(C)C)cc4)C[C@H]3C2)n1. The number of methoxy groups -OCH3 is 1. The molecule has 6 rings (SSSR count). The van der Waals surface area contributed by atoms with Gasteiger partial charge in [0, 0.05) is 43.9 Å². The molecule has 4 heterocycles. The summed E-state index contributed by atoms with van der Waals surface area (Å²) in [6.07, 6.45) is 6.41. The average molecular weight is 633 g/mol. The zero-order valence-corrected chi connectivity index (χ0v) is 27.2. The van der Waals surface area contributed by atoms with E-state index in [4.69, 9.17) is 9.47 Å². The normalized spacial score (nSPS) is 20.0. The maximum Gasteiger partial charge on any atom is 0.329 e. The molecule has 0 radical (unpaired) electrons. The van der Waals surface area contributed by atoms with Crippen LogP contribution in [0.4, 0.5) is 15.7 Å². The van der Waals surface area contributed by atoms with Gasteiger partial charge < -0.3 is 19.3 Å². The maximum absolute atomic E-state index is 12.9. The molecular weight excluding hydrogens is 592 g/mol. The summed E-state index contributed by atoms with van der Waals surface area (Å²) in [6, 6.07) is 10.6. The van der Waals surface area contributed by atoms with E-state index in [1.807, 2.05) is 40.8 Å². The Balaban J connectivity index is 1.04. The first-order valence-electron chi connectivity index (χ1n) is 15.4. The number of carbonyl (C=O) groups is 2. The summed E-state index contributed by atoms with van der Waals surface area (Å²) in [5.74, 6) is 1.63. The van der Waals surface area contributed by atoms with Gasteiger partial charge in [0.05, 0.1) is 18.4 Å². The number of hydrogen-bond acceptors (Lipinski definition) is 10. The van der Waals surface area contributed by atoms with Gasteiger partial charge in [0.25, 0.3) is 0 Å². The highest BCUT2D eigenvalue weighted by Gasteiger charge is 2.44. The van der Waals surface area contributed by atoms with Gasteiger partial charge in [0.15, 0.2) is 6.73 Å². The summed E-state index contributed by atoms with van der Waals surface area (Å²) in [7, 11) is 3.57. The van der Waals surface area contributed by atoms with Crippen LogP contribution in [0.25, 0.3) is 11.0 Å². The topological polar surface area (TPSA) is 128 Å². The number of aromatic nitrogens is 5. The summed E-state index contributed by atoms with van der Waals surface area (Å²) in [5.41, 5.74) is 2.93. The fraction of sp³-hybridized carbons (Fsp3) is 0.500. The zero-order valence-electron chi connectivity index (χ0n) is 26.3. The third-order valence-electron chi connectivity index (χ3n) is 9.06. The molecule has 1 aromatic carbocycles. The van der Waals surface area contributed by atoms with E-state index in [-0.39, 0.29) is 30.7 Å². The van der Waals surface area contributed by atoms with Gasteiger partial charge in [-0.2, -0.15) is 4.98 Å². The van der Waals surface area contributed by atoms with Crippen molar-refractivity contribution in [3.8, 4) is 6.01 Å². The Hall–Kier alpha value is -4.26. The minimum atomic E-state index is -0.368. The van der Waals surface area contributed by atoms with Gasteiger partial charge in [0.1, 0.15) is 17.8 Å². The first-order valence-corrected chi connectivity index (χ1v) is 16.2. The van der Waals surface area contributed by atoms with Crippen LogP contribution in [0.2, 0.25) is 0 Å². The molecule has 4 aromatic rings. The summed E-state index contributed by atoms with van der Waals surface area (Å²) >= 11 is 1.10. The van der Waals surface area contributed by atoms with Crippen LogP contribution >= 0.6 is 11.5 Å². The molecule has 238 valence electrons. The Morgan fingerprint density at radius 1 is 1.09 bits per heavy atom. The van der Waals surface area contributed by atoms with E-state index >= 15 is 0 Å². The number of urea groups is 1. The Morgan fingerprint density at radius 3 is 2.49 bits per heavy atom. The number of anilines is 2. The standard InChI is InChI=1S/C32H40N8O4S/c1-19(2)12-21-6-8-22(9-7-21)20(3)29(41)44-18-39-11-10-26-27(33-17-34-28(26)39)38(4)25-13-23-15-40(16-24(23)14-25)32(42)36-31-35-30(43-5)37-45-31/h6-11,17,19-20,23-25H,12-16,18H2,1-5H3,(H,35,36,37,42)/t20-,23-,24+,25?/m0/s1. The first-order chi connectivity index (χ1) is 21.7. The minimum absolute atomic E-state index is 0.0770. The van der Waals surface area contributed by atoms with Crippen molar-refractivity contribution >= 4 is 45.5 Å². The Bertz CT molecular complexity index is 1640. The van der Waals surface area contributed by atoms with Crippen LogP contribution in [0, 0.1) is 17.8 Å². The molecule has 1 aliphatic heterocycles. The van der Waals surface area contributed by atoms with E-state index in [0.29, 0.717) is 42.0 Å². The number of hydrogen-bond donors (Lipinski definition) is 1. The molecule has 2 amide bonds. The lowest BCUT2D eigenvalue weighted by molar-refractivity contribution is -0.148. The lowest BCUT2D eigenvalue weighted by atomic mass is 9.97. The summed E-state index contributed by atoms with van der Waals surface area (Å²) in [5, 5.41) is 4.19. The van der Waals surface area contributed by atoms with Crippen LogP contribution in [0.15, 0.2) is 42.9 Å². The minimum Gasteiger partial charge on any atom is -0.466 e. The summed E-state index contributed by atoms with van der Waals surface area (Å²) in [6.45, 7) is 7.76. The Labute approximate surface area is 266 Å². The number of fused-ring (bicyclic) bond motifs is 2. The van der Waals surface area contributed by atoms with Crippen LogP contribution in [0.3, 0.4) is 0 Å². The second-order valence-electron chi connectivity index (χ2n) is 12.6. The molecule has 0 bridgehead atoms. The van der Waals surface area contributed by atoms with Crippen molar-refractivity contribution in [1.29, 1.82) is 0 Å². The zero-order chi connectivity index (χ0) is 31.7. The molecule has 3 aromatic heterocycles. The number of amides is 2. The lowest BCUT2D eigenvalue weighted by Gasteiger charge is -2.28. The second-order valence-corrected chi connectivity index (χ2v) is 13.3. The van der Waals surface area contributed by atoms with E-state index in [9.17, 15) is 9.59 Å². The molecule has 1 unspecified atom stereocenters. The third-order valence-corrected chi connectivity index (χ3v) is 9.67. The molecule has 4 atom stereocenters. The van der Waals surface area contributed by atoms with Crippen LogP contribution in [0.1, 0.15) is 50.7 Å². The predicted octanol–water partition coefficient (Wildman–Crippen LogP) is 5.17. The molecule has 1 saturated carbocycles. The van der Waals surface area contributed by atoms with Crippen molar-refractivity contribution in [2.45, 2.75) is 58.7 Å². The molecule has 12 nitrogen and oxygen atoms in total. The summed E-state index contributed by atoms with van der Waals surface area (Å²) < 4.78 is 16.6. The molecule has 0 spiro atoms. The second kappa shape index (κ2) is 13.0. The van der Waals surface area contributed by atoms with Gasteiger partial charge in [-0.1, -0.05) is 38.1 Å². The largest absolute Gasteiger partial charge is 0.466 e. The average Bonchev–Trinajstić information content (AvgIpc) is 3.82. The Kier molecular flexibility index (Phi) is 8.88. The van der Waals surface area contributed by atoms with Gasteiger partial charge in [0.2, 0.25) is 5.13 Å². The Morgan fingerprint density at radius 2 is 1.82 bits per heavy atom. The third kappa shape index (κ3) is 6.58. The molecule has 2 aliphatic rings. The molecular formula is C32H40N8O4S. The van der Waals surface area contributed by atoms with Gasteiger partial charge >= 0.3 is 18.0 Å². The van der Waals surface area contributed by atoms with E-state index in [1.165, 1.54) is 12.7 Å². The molecule has 45 heavy (non-hydrogen) atoms. The fourth-order valence-corrected chi connectivity index (χ4v) is 7.15. The highest BCUT2D eigenvalue weighted by Crippen LogP contribution is 2.41. The molecule has 1 aliphatic carbocycles. The number of rotatable bonds is 10. The molecule has 1 saturated heterocycles. The number of ether oxygens (including phenoxy) is 2. The smallest absolute Gasteiger partial charge is 0.329 e. The van der Waals surface area contributed by atoms with Gasteiger partial charge in [-0.15, -0.1) is 4.37 Å². The van der Waals surface area contributed by atoms with Crippen LogP contribution in [-0.2, 0) is 22.7 Å². The van der Waals surface area contributed by atoms with E-state index < -0.39 is 0 Å². The van der Waals surface area contributed by atoms with Crippen molar-refractivity contribution in [2.24, 2.45) is 17.8 Å². The van der Waals surface area contributed by atoms with E-state index in [1.54, 1.807) is 6.33 Å². The van der Waals surface area contributed by atoms with Crippen LogP contribution in [-0.4, -0.2) is 74.1 Å². The van der Waals surface area contributed by atoms with Crippen LogP contribution in [0.5, 0.6) is 6.01 Å². The van der Waals surface area contributed by atoms with Crippen molar-refractivity contribution in [3.63, 3.8) is 0 Å². The van der Waals surface area contributed by atoms with Crippen molar-refractivity contribution in [1.82, 2.24) is 28.8 Å². The van der Waals surface area contributed by atoms with Crippen LogP contribution < -0.4 is 15.0 Å². The van der Waals surface area contributed by atoms with Gasteiger partial charge in [-0.3, -0.25) is 14.7 Å². The van der Waals surface area contributed by atoms with Crippen molar-refractivity contribution < 1.29 is 19.1 Å². The highest BCUT2D eigenvalue weighted by atomic mass is 32.1. The quantitative estimate of drug-likeness (QED) is 0.236. The van der Waals surface area contributed by atoms with Crippen molar-refractivity contribution in [2.75, 3.05) is 37.5 Å². The van der Waals surface area contributed by atoms with E-state index in [0.717, 1.165) is 53.2 Å². The van der Waals surface area contributed by atoms with Gasteiger partial charge in [-0.25, -0.2) is 14.8 Å². The highest BCUT2D eigenvalue weighted by molar-refractivity contribution is 7.10. The number of nitrogens with one attached hydrogen (secondary N) is 1. The number of likely N-dealkylation sites (tertiary alicyclic amines) is 1.